The lowest BCUT2D eigenvalue weighted by atomic mass is 10.0. The summed E-state index contributed by atoms with van der Waals surface area (Å²) in [5, 5.41) is 0. The summed E-state index contributed by atoms with van der Waals surface area (Å²) < 4.78 is 0. The van der Waals surface area contributed by atoms with Crippen LogP contribution in [-0.2, 0) is 6.42 Å². The fourth-order valence-electron chi connectivity index (χ4n) is 2.46. The average molecular weight is 268 g/mol. The highest BCUT2D eigenvalue weighted by Gasteiger charge is 2.07. The van der Waals surface area contributed by atoms with Crippen LogP contribution in [-0.4, -0.2) is 13.6 Å². The van der Waals surface area contributed by atoms with Gasteiger partial charge in [0.1, 0.15) is 0 Å². The van der Waals surface area contributed by atoms with Gasteiger partial charge in [-0.05, 0) is 56.0 Å². The second-order valence-electron chi connectivity index (χ2n) is 5.66. The molecular weight excluding hydrogens is 244 g/mol. The first kappa shape index (κ1) is 14.4. The van der Waals surface area contributed by atoms with Crippen LogP contribution >= 0.6 is 0 Å². The zero-order valence-corrected chi connectivity index (χ0v) is 12.9. The summed E-state index contributed by atoms with van der Waals surface area (Å²) >= 11 is 0. The number of anilines is 2. The van der Waals surface area contributed by atoms with Gasteiger partial charge < -0.3 is 10.6 Å². The molecule has 0 atom stereocenters. The number of rotatable bonds is 4. The maximum absolute atomic E-state index is 6.07. The van der Waals surface area contributed by atoms with Crippen molar-refractivity contribution in [2.24, 2.45) is 0 Å². The lowest BCUT2D eigenvalue weighted by Gasteiger charge is -2.22. The van der Waals surface area contributed by atoms with E-state index < -0.39 is 0 Å². The molecule has 106 valence electrons. The van der Waals surface area contributed by atoms with Crippen LogP contribution < -0.4 is 10.6 Å². The first-order valence-corrected chi connectivity index (χ1v) is 7.11. The number of nitrogens with two attached hydrogens (primary N) is 1. The molecule has 0 spiro atoms. The minimum atomic E-state index is 0.846. The van der Waals surface area contributed by atoms with Crippen LogP contribution in [0.5, 0.6) is 0 Å². The normalized spacial score (nSPS) is 10.6. The van der Waals surface area contributed by atoms with Crippen molar-refractivity contribution in [3.8, 4) is 0 Å². The summed E-state index contributed by atoms with van der Waals surface area (Å²) in [6.07, 6.45) is 1.04. The fourth-order valence-corrected chi connectivity index (χ4v) is 2.46. The van der Waals surface area contributed by atoms with Crippen LogP contribution in [0, 0.1) is 20.8 Å². The minimum absolute atomic E-state index is 0.846. The SMILES string of the molecule is Cc1ccc(C)c(CCN(C)c2cc(C)ccc2N)c1. The van der Waals surface area contributed by atoms with Crippen molar-refractivity contribution < 1.29 is 0 Å². The third-order valence-corrected chi connectivity index (χ3v) is 3.82. The molecule has 2 aromatic rings. The van der Waals surface area contributed by atoms with E-state index in [1.807, 2.05) is 6.07 Å². The van der Waals surface area contributed by atoms with E-state index in [1.54, 1.807) is 0 Å². The molecule has 20 heavy (non-hydrogen) atoms. The molecule has 0 aliphatic rings. The van der Waals surface area contributed by atoms with Gasteiger partial charge in [0.2, 0.25) is 0 Å². The maximum Gasteiger partial charge on any atom is 0.0600 e. The van der Waals surface area contributed by atoms with Crippen LogP contribution in [0.1, 0.15) is 22.3 Å². The molecule has 2 heteroatoms. The van der Waals surface area contributed by atoms with Gasteiger partial charge in [-0.1, -0.05) is 29.8 Å². The first-order valence-electron chi connectivity index (χ1n) is 7.11. The molecule has 0 heterocycles. The Hall–Kier alpha value is -1.96. The predicted octanol–water partition coefficient (Wildman–Crippen LogP) is 3.87. The zero-order chi connectivity index (χ0) is 14.7. The largest absolute Gasteiger partial charge is 0.397 e. The van der Waals surface area contributed by atoms with Gasteiger partial charge in [0.05, 0.1) is 11.4 Å². The van der Waals surface area contributed by atoms with Crippen molar-refractivity contribution in [1.82, 2.24) is 0 Å². The number of nitrogen functional groups attached to an aromatic ring is 1. The minimum Gasteiger partial charge on any atom is -0.397 e. The molecule has 0 saturated heterocycles. The van der Waals surface area contributed by atoms with E-state index in [2.05, 4.69) is 63.1 Å². The van der Waals surface area contributed by atoms with Crippen molar-refractivity contribution in [1.29, 1.82) is 0 Å². The molecule has 0 unspecified atom stereocenters. The highest BCUT2D eigenvalue weighted by atomic mass is 15.1. The molecule has 0 bridgehead atoms. The molecule has 0 aromatic heterocycles. The van der Waals surface area contributed by atoms with Crippen molar-refractivity contribution in [3.63, 3.8) is 0 Å². The topological polar surface area (TPSA) is 29.3 Å². The van der Waals surface area contributed by atoms with Crippen molar-refractivity contribution in [2.75, 3.05) is 24.2 Å². The number of likely N-dealkylation sites (N-methyl/N-ethyl adjacent to an activating group) is 1. The van der Waals surface area contributed by atoms with E-state index in [4.69, 9.17) is 5.73 Å². The van der Waals surface area contributed by atoms with Gasteiger partial charge in [-0.25, -0.2) is 0 Å². The second kappa shape index (κ2) is 6.00. The van der Waals surface area contributed by atoms with E-state index in [-0.39, 0.29) is 0 Å². The molecule has 0 fully saturated rings. The zero-order valence-electron chi connectivity index (χ0n) is 12.9. The lowest BCUT2D eigenvalue weighted by Crippen LogP contribution is -2.21. The number of benzene rings is 2. The van der Waals surface area contributed by atoms with Gasteiger partial charge in [0, 0.05) is 13.6 Å². The summed E-state index contributed by atoms with van der Waals surface area (Å²) in [5.41, 5.74) is 13.4. The van der Waals surface area contributed by atoms with E-state index in [0.717, 1.165) is 24.3 Å². The van der Waals surface area contributed by atoms with Gasteiger partial charge in [-0.3, -0.25) is 0 Å². The smallest absolute Gasteiger partial charge is 0.0600 e. The number of hydrogen-bond donors (Lipinski definition) is 1. The summed E-state index contributed by atoms with van der Waals surface area (Å²) in [7, 11) is 2.11. The summed E-state index contributed by atoms with van der Waals surface area (Å²) in [6.45, 7) is 7.39. The summed E-state index contributed by atoms with van der Waals surface area (Å²) in [6, 6.07) is 12.8. The molecule has 0 saturated carbocycles. The standard InChI is InChI=1S/C18H24N2/c1-13-5-7-15(3)16(11-13)9-10-20(4)18-12-14(2)6-8-17(18)19/h5-8,11-12H,9-10,19H2,1-4H3. The summed E-state index contributed by atoms with van der Waals surface area (Å²) in [5.74, 6) is 0. The van der Waals surface area contributed by atoms with Gasteiger partial charge in [-0.2, -0.15) is 0 Å². The van der Waals surface area contributed by atoms with Crippen LogP contribution in [0.15, 0.2) is 36.4 Å². The molecule has 2 aromatic carbocycles. The molecule has 2 nitrogen and oxygen atoms in total. The van der Waals surface area contributed by atoms with Gasteiger partial charge in [0.25, 0.3) is 0 Å². The molecule has 2 rings (SSSR count). The highest BCUT2D eigenvalue weighted by Crippen LogP contribution is 2.23. The monoisotopic (exact) mass is 268 g/mol. The maximum atomic E-state index is 6.07. The van der Waals surface area contributed by atoms with E-state index in [9.17, 15) is 0 Å². The number of hydrogen-bond acceptors (Lipinski definition) is 2. The highest BCUT2D eigenvalue weighted by molar-refractivity contribution is 5.68. The predicted molar refractivity (Wildman–Crippen MR) is 88.5 cm³/mol. The fraction of sp³-hybridized carbons (Fsp3) is 0.333. The third kappa shape index (κ3) is 3.32. The molecular formula is C18H24N2. The Bertz CT molecular complexity index is 602. The first-order chi connectivity index (χ1) is 9.47. The Morgan fingerprint density at radius 1 is 0.950 bits per heavy atom. The molecule has 2 N–H and O–H groups in total. The Morgan fingerprint density at radius 2 is 1.60 bits per heavy atom. The van der Waals surface area contributed by atoms with Crippen molar-refractivity contribution in [3.05, 3.63) is 58.7 Å². The van der Waals surface area contributed by atoms with Crippen molar-refractivity contribution >= 4 is 11.4 Å². The van der Waals surface area contributed by atoms with Crippen LogP contribution in [0.25, 0.3) is 0 Å². The van der Waals surface area contributed by atoms with Crippen LogP contribution in [0.3, 0.4) is 0 Å². The molecule has 0 aliphatic heterocycles. The second-order valence-corrected chi connectivity index (χ2v) is 5.66. The Kier molecular flexibility index (Phi) is 4.33. The Balaban J connectivity index is 2.10. The number of aryl methyl sites for hydroxylation is 3. The van der Waals surface area contributed by atoms with Crippen LogP contribution in [0.4, 0.5) is 11.4 Å². The van der Waals surface area contributed by atoms with E-state index in [0.29, 0.717) is 0 Å². The molecule has 0 radical (unpaired) electrons. The van der Waals surface area contributed by atoms with E-state index >= 15 is 0 Å². The quantitative estimate of drug-likeness (QED) is 0.853. The van der Waals surface area contributed by atoms with Gasteiger partial charge >= 0.3 is 0 Å². The van der Waals surface area contributed by atoms with Gasteiger partial charge in [0.15, 0.2) is 0 Å². The molecule has 0 amide bonds. The number of nitrogens with zero attached hydrogens (tertiary/aromatic N) is 1. The average Bonchev–Trinajstić information content (AvgIpc) is 2.42. The Labute approximate surface area is 122 Å². The van der Waals surface area contributed by atoms with E-state index in [1.165, 1.54) is 22.3 Å². The van der Waals surface area contributed by atoms with Crippen LogP contribution in [0.2, 0.25) is 0 Å². The molecule has 0 aliphatic carbocycles. The van der Waals surface area contributed by atoms with Gasteiger partial charge in [-0.15, -0.1) is 0 Å². The summed E-state index contributed by atoms with van der Waals surface area (Å²) in [4.78, 5) is 2.24. The Morgan fingerprint density at radius 3 is 2.35 bits per heavy atom. The van der Waals surface area contributed by atoms with Crippen molar-refractivity contribution in [2.45, 2.75) is 27.2 Å². The lowest BCUT2D eigenvalue weighted by molar-refractivity contribution is 0.871. The third-order valence-electron chi connectivity index (χ3n) is 3.82.